The minimum atomic E-state index is 0.504. The summed E-state index contributed by atoms with van der Waals surface area (Å²) in [6.45, 7) is 4.30. The molecule has 0 aliphatic carbocycles. The number of benzene rings is 1. The highest BCUT2D eigenvalue weighted by molar-refractivity contribution is 6.35. The fraction of sp³-hybridized carbons (Fsp3) is 0.462. The number of nitrogens with two attached hydrogens (primary N) is 1. The van der Waals surface area contributed by atoms with Crippen LogP contribution in [-0.2, 0) is 6.54 Å². The summed E-state index contributed by atoms with van der Waals surface area (Å²) in [6, 6.07) is 5.83. The van der Waals surface area contributed by atoms with E-state index in [4.69, 9.17) is 17.3 Å². The molecule has 1 aliphatic heterocycles. The smallest absolute Gasteiger partial charge is 0.161 e. The number of nitrogen functional groups attached to an aromatic ring is 1. The van der Waals surface area contributed by atoms with Gasteiger partial charge in [0, 0.05) is 12.2 Å². The van der Waals surface area contributed by atoms with E-state index in [1.807, 2.05) is 22.9 Å². The normalized spacial score (nSPS) is 16.7. The summed E-state index contributed by atoms with van der Waals surface area (Å²) < 4.78 is 1.96. The van der Waals surface area contributed by atoms with Crippen molar-refractivity contribution in [2.45, 2.75) is 19.4 Å². The maximum Gasteiger partial charge on any atom is 0.161 e. The van der Waals surface area contributed by atoms with Crippen LogP contribution in [0.1, 0.15) is 12.8 Å². The number of halogens is 1. The van der Waals surface area contributed by atoms with Crippen LogP contribution in [0, 0.1) is 0 Å². The van der Waals surface area contributed by atoms with Crippen molar-refractivity contribution in [3.05, 3.63) is 23.4 Å². The van der Waals surface area contributed by atoms with Crippen molar-refractivity contribution in [2.75, 3.05) is 25.4 Å². The second kappa shape index (κ2) is 4.78. The molecule has 2 aromatic rings. The number of anilines is 1. The van der Waals surface area contributed by atoms with E-state index in [9.17, 15) is 0 Å². The number of hydrogen-bond donors (Lipinski definition) is 1. The van der Waals surface area contributed by atoms with E-state index in [2.05, 4.69) is 10.00 Å². The highest BCUT2D eigenvalue weighted by Gasteiger charge is 2.14. The number of hydrogen-bond acceptors (Lipinski definition) is 3. The Morgan fingerprint density at radius 3 is 2.78 bits per heavy atom. The van der Waals surface area contributed by atoms with E-state index in [1.54, 1.807) is 0 Å². The molecule has 3 rings (SSSR count). The zero-order valence-electron chi connectivity index (χ0n) is 10.3. The van der Waals surface area contributed by atoms with Crippen LogP contribution in [0.25, 0.3) is 10.9 Å². The van der Waals surface area contributed by atoms with E-state index >= 15 is 0 Å². The first-order chi connectivity index (χ1) is 8.75. The topological polar surface area (TPSA) is 47.1 Å². The van der Waals surface area contributed by atoms with Gasteiger partial charge in [0.25, 0.3) is 0 Å². The first-order valence-corrected chi connectivity index (χ1v) is 6.76. The van der Waals surface area contributed by atoms with Gasteiger partial charge in [-0.3, -0.25) is 4.68 Å². The van der Waals surface area contributed by atoms with Crippen LogP contribution >= 0.6 is 11.6 Å². The van der Waals surface area contributed by atoms with Crippen LogP contribution in [0.5, 0.6) is 0 Å². The number of rotatable bonds is 3. The average molecular weight is 265 g/mol. The van der Waals surface area contributed by atoms with Gasteiger partial charge in [0.1, 0.15) is 0 Å². The third-order valence-corrected chi connectivity index (χ3v) is 3.86. The fourth-order valence-electron chi connectivity index (χ4n) is 2.62. The van der Waals surface area contributed by atoms with Gasteiger partial charge in [0.2, 0.25) is 0 Å². The van der Waals surface area contributed by atoms with E-state index in [1.165, 1.54) is 25.9 Å². The first-order valence-electron chi connectivity index (χ1n) is 6.38. The van der Waals surface area contributed by atoms with Gasteiger partial charge in [-0.1, -0.05) is 17.7 Å². The molecule has 0 unspecified atom stereocenters. The third-order valence-electron chi connectivity index (χ3n) is 3.59. The number of fused-ring (bicyclic) bond motifs is 1. The van der Waals surface area contributed by atoms with Crippen LogP contribution in [0.3, 0.4) is 0 Å². The van der Waals surface area contributed by atoms with Crippen molar-refractivity contribution < 1.29 is 0 Å². The molecular formula is C13H17ClN4. The highest BCUT2D eigenvalue weighted by Crippen LogP contribution is 2.28. The Kier molecular flexibility index (Phi) is 3.14. The largest absolute Gasteiger partial charge is 0.398 e. The van der Waals surface area contributed by atoms with Crippen molar-refractivity contribution in [2.24, 2.45) is 0 Å². The fourth-order valence-corrected chi connectivity index (χ4v) is 2.92. The molecule has 1 saturated heterocycles. The summed E-state index contributed by atoms with van der Waals surface area (Å²) >= 11 is 6.15. The Hall–Kier alpha value is -1.26. The summed E-state index contributed by atoms with van der Waals surface area (Å²) in [5, 5.41) is 5.77. The molecule has 1 aromatic carbocycles. The van der Waals surface area contributed by atoms with Crippen LogP contribution in [0.2, 0.25) is 5.15 Å². The predicted octanol–water partition coefficient (Wildman–Crippen LogP) is 2.37. The predicted molar refractivity (Wildman–Crippen MR) is 74.8 cm³/mol. The molecule has 2 heterocycles. The van der Waals surface area contributed by atoms with Gasteiger partial charge in [-0.25, -0.2) is 0 Å². The van der Waals surface area contributed by atoms with Crippen molar-refractivity contribution in [1.29, 1.82) is 0 Å². The lowest BCUT2D eigenvalue weighted by Crippen LogP contribution is -2.24. The van der Waals surface area contributed by atoms with Crippen molar-refractivity contribution in [1.82, 2.24) is 14.7 Å². The van der Waals surface area contributed by atoms with Gasteiger partial charge in [-0.2, -0.15) is 5.10 Å². The molecule has 1 fully saturated rings. The zero-order chi connectivity index (χ0) is 12.5. The van der Waals surface area contributed by atoms with Crippen LogP contribution in [0.15, 0.2) is 18.2 Å². The van der Waals surface area contributed by atoms with E-state index in [-0.39, 0.29) is 0 Å². The average Bonchev–Trinajstić information content (AvgIpc) is 2.96. The Balaban J connectivity index is 1.85. The Morgan fingerprint density at radius 2 is 2.00 bits per heavy atom. The lowest BCUT2D eigenvalue weighted by Gasteiger charge is -2.14. The SMILES string of the molecule is Nc1cccc2c1c(Cl)nn2CCN1CCCC1. The molecule has 0 amide bonds. The molecule has 0 atom stereocenters. The number of likely N-dealkylation sites (tertiary alicyclic amines) is 1. The Labute approximate surface area is 111 Å². The number of aromatic nitrogens is 2. The summed E-state index contributed by atoms with van der Waals surface area (Å²) in [7, 11) is 0. The van der Waals surface area contributed by atoms with Gasteiger partial charge in [-0.15, -0.1) is 0 Å². The van der Waals surface area contributed by atoms with Gasteiger partial charge in [0.15, 0.2) is 5.15 Å². The minimum absolute atomic E-state index is 0.504. The summed E-state index contributed by atoms with van der Waals surface area (Å²) in [4.78, 5) is 2.47. The molecule has 2 N–H and O–H groups in total. The molecule has 0 bridgehead atoms. The Morgan fingerprint density at radius 1 is 1.22 bits per heavy atom. The Bertz CT molecular complexity index is 557. The zero-order valence-corrected chi connectivity index (χ0v) is 11.0. The van der Waals surface area contributed by atoms with Gasteiger partial charge < -0.3 is 10.6 Å². The molecule has 0 spiro atoms. The molecule has 1 aromatic heterocycles. The molecule has 18 heavy (non-hydrogen) atoms. The van der Waals surface area contributed by atoms with Crippen LogP contribution in [0.4, 0.5) is 5.69 Å². The van der Waals surface area contributed by atoms with Crippen molar-refractivity contribution >= 4 is 28.2 Å². The van der Waals surface area contributed by atoms with Gasteiger partial charge in [0.05, 0.1) is 17.4 Å². The first kappa shape index (κ1) is 11.8. The molecule has 0 saturated carbocycles. The van der Waals surface area contributed by atoms with Crippen molar-refractivity contribution in [3.8, 4) is 0 Å². The lowest BCUT2D eigenvalue weighted by atomic mass is 10.2. The summed E-state index contributed by atoms with van der Waals surface area (Å²) in [5.74, 6) is 0. The third kappa shape index (κ3) is 2.06. The maximum atomic E-state index is 6.15. The molecule has 1 aliphatic rings. The quantitative estimate of drug-likeness (QED) is 0.866. The van der Waals surface area contributed by atoms with Crippen molar-refractivity contribution in [3.63, 3.8) is 0 Å². The highest BCUT2D eigenvalue weighted by atomic mass is 35.5. The van der Waals surface area contributed by atoms with Gasteiger partial charge in [-0.05, 0) is 38.1 Å². The standard InChI is InChI=1S/C13H17ClN4/c14-13-12-10(15)4-3-5-11(12)18(16-13)9-8-17-6-1-2-7-17/h3-5H,1-2,6-9,15H2. The lowest BCUT2D eigenvalue weighted by molar-refractivity contribution is 0.318. The minimum Gasteiger partial charge on any atom is -0.398 e. The molecule has 0 radical (unpaired) electrons. The monoisotopic (exact) mass is 264 g/mol. The molecule has 96 valence electrons. The molecule has 5 heteroatoms. The summed E-state index contributed by atoms with van der Waals surface area (Å²) in [5.41, 5.74) is 7.67. The molecule has 4 nitrogen and oxygen atoms in total. The van der Waals surface area contributed by atoms with E-state index in [0.717, 1.165) is 24.0 Å². The van der Waals surface area contributed by atoms with E-state index < -0.39 is 0 Å². The van der Waals surface area contributed by atoms with Crippen LogP contribution < -0.4 is 5.73 Å². The molecular weight excluding hydrogens is 248 g/mol. The second-order valence-electron chi connectivity index (χ2n) is 4.80. The van der Waals surface area contributed by atoms with Crippen LogP contribution in [-0.4, -0.2) is 34.3 Å². The number of nitrogens with zero attached hydrogens (tertiary/aromatic N) is 3. The van der Waals surface area contributed by atoms with Gasteiger partial charge >= 0.3 is 0 Å². The second-order valence-corrected chi connectivity index (χ2v) is 5.16. The summed E-state index contributed by atoms with van der Waals surface area (Å²) in [6.07, 6.45) is 2.63. The van der Waals surface area contributed by atoms with E-state index in [0.29, 0.717) is 10.8 Å². The maximum absolute atomic E-state index is 6.15.